The Morgan fingerprint density at radius 3 is 1.93 bits per heavy atom. The van der Waals surface area contributed by atoms with Crippen LogP contribution in [0.2, 0.25) is 0 Å². The highest BCUT2D eigenvalue weighted by Gasteiger charge is 2.07. The monoisotopic (exact) mass is 235 g/mol. The van der Waals surface area contributed by atoms with Gasteiger partial charge in [0.25, 0.3) is 0 Å². The molecule has 0 radical (unpaired) electrons. The molecular formula is C11H25NO2S. The van der Waals surface area contributed by atoms with Gasteiger partial charge < -0.3 is 5.73 Å². The van der Waals surface area contributed by atoms with Gasteiger partial charge in [0.05, 0.1) is 11.5 Å². The standard InChI is InChI=1S/C11H25NO2S/c1-2-3-4-5-6-7-8-10-15(13,14)11-9-12/h2-12H2,1H3. The van der Waals surface area contributed by atoms with Gasteiger partial charge in [-0.15, -0.1) is 0 Å². The molecule has 0 bridgehead atoms. The maximum atomic E-state index is 11.3. The van der Waals surface area contributed by atoms with Crippen LogP contribution < -0.4 is 5.73 Å². The summed E-state index contributed by atoms with van der Waals surface area (Å²) in [6.45, 7) is 2.44. The van der Waals surface area contributed by atoms with E-state index >= 15 is 0 Å². The molecule has 4 heteroatoms. The molecule has 0 aromatic carbocycles. The molecule has 0 saturated carbocycles. The Kier molecular flexibility index (Phi) is 9.10. The molecule has 0 aliphatic heterocycles. The van der Waals surface area contributed by atoms with Crippen LogP contribution >= 0.6 is 0 Å². The molecule has 0 saturated heterocycles. The third kappa shape index (κ3) is 10.2. The highest BCUT2D eigenvalue weighted by Crippen LogP contribution is 2.07. The zero-order valence-corrected chi connectivity index (χ0v) is 10.7. The highest BCUT2D eigenvalue weighted by atomic mass is 32.2. The Labute approximate surface area is 94.4 Å². The van der Waals surface area contributed by atoms with Crippen LogP contribution in [0.4, 0.5) is 0 Å². The van der Waals surface area contributed by atoms with E-state index in [9.17, 15) is 8.42 Å². The van der Waals surface area contributed by atoms with Crippen molar-refractivity contribution < 1.29 is 8.42 Å². The van der Waals surface area contributed by atoms with Gasteiger partial charge in [0.1, 0.15) is 0 Å². The van der Waals surface area contributed by atoms with E-state index in [-0.39, 0.29) is 12.3 Å². The van der Waals surface area contributed by atoms with Crippen molar-refractivity contribution in [2.45, 2.75) is 51.9 Å². The lowest BCUT2D eigenvalue weighted by molar-refractivity contribution is 0.579. The Morgan fingerprint density at radius 1 is 0.867 bits per heavy atom. The summed E-state index contributed by atoms with van der Waals surface area (Å²) in [5.74, 6) is 0.459. The first-order chi connectivity index (χ1) is 7.12. The van der Waals surface area contributed by atoms with Gasteiger partial charge in [-0.05, 0) is 6.42 Å². The van der Waals surface area contributed by atoms with Crippen molar-refractivity contribution in [3.8, 4) is 0 Å². The lowest BCUT2D eigenvalue weighted by Gasteiger charge is -2.02. The quantitative estimate of drug-likeness (QED) is 0.590. The number of nitrogens with two attached hydrogens (primary N) is 1. The van der Waals surface area contributed by atoms with Crippen LogP contribution in [0.15, 0.2) is 0 Å². The lowest BCUT2D eigenvalue weighted by atomic mass is 10.1. The summed E-state index contributed by atoms with van der Waals surface area (Å²) >= 11 is 0. The molecule has 0 aromatic heterocycles. The van der Waals surface area contributed by atoms with Gasteiger partial charge in [-0.25, -0.2) is 8.42 Å². The Hall–Kier alpha value is -0.0900. The average Bonchev–Trinajstić information content (AvgIpc) is 2.16. The van der Waals surface area contributed by atoms with Crippen molar-refractivity contribution in [3.63, 3.8) is 0 Å². The third-order valence-electron chi connectivity index (χ3n) is 2.49. The van der Waals surface area contributed by atoms with Crippen molar-refractivity contribution >= 4 is 9.84 Å². The normalized spacial score (nSPS) is 11.9. The van der Waals surface area contributed by atoms with E-state index < -0.39 is 9.84 Å². The van der Waals surface area contributed by atoms with E-state index in [0.717, 1.165) is 19.3 Å². The largest absolute Gasteiger partial charge is 0.329 e. The minimum absolute atomic E-state index is 0.142. The second-order valence-electron chi connectivity index (χ2n) is 4.06. The molecule has 0 aromatic rings. The molecule has 0 rings (SSSR count). The van der Waals surface area contributed by atoms with Gasteiger partial charge >= 0.3 is 0 Å². The number of rotatable bonds is 10. The molecule has 92 valence electrons. The highest BCUT2D eigenvalue weighted by molar-refractivity contribution is 7.91. The summed E-state index contributed by atoms with van der Waals surface area (Å²) in [6.07, 6.45) is 8.08. The van der Waals surface area contributed by atoms with E-state index in [1.54, 1.807) is 0 Å². The SMILES string of the molecule is CCCCCCCCCS(=O)(=O)CCN. The molecule has 0 amide bonds. The molecule has 0 heterocycles. The van der Waals surface area contributed by atoms with Crippen LogP contribution in [-0.4, -0.2) is 26.5 Å². The predicted octanol–water partition coefficient (Wildman–Crippen LogP) is 2.11. The smallest absolute Gasteiger partial charge is 0.151 e. The molecule has 2 N–H and O–H groups in total. The van der Waals surface area contributed by atoms with Gasteiger partial charge in [-0.3, -0.25) is 0 Å². The first-order valence-electron chi connectivity index (χ1n) is 6.03. The number of sulfone groups is 1. The number of hydrogen-bond donors (Lipinski definition) is 1. The van der Waals surface area contributed by atoms with Gasteiger partial charge in [0, 0.05) is 6.54 Å². The van der Waals surface area contributed by atoms with Crippen LogP contribution in [0.1, 0.15) is 51.9 Å². The van der Waals surface area contributed by atoms with Gasteiger partial charge in [0.2, 0.25) is 0 Å². The summed E-state index contributed by atoms with van der Waals surface area (Å²) in [5, 5.41) is 0. The van der Waals surface area contributed by atoms with Crippen LogP contribution in [0.25, 0.3) is 0 Å². The fourth-order valence-electron chi connectivity index (χ4n) is 1.56. The van der Waals surface area contributed by atoms with Crippen LogP contribution in [0, 0.1) is 0 Å². The van der Waals surface area contributed by atoms with Gasteiger partial charge in [-0.2, -0.15) is 0 Å². The van der Waals surface area contributed by atoms with Crippen molar-refractivity contribution in [1.82, 2.24) is 0 Å². The second-order valence-corrected chi connectivity index (χ2v) is 6.37. The van der Waals surface area contributed by atoms with E-state index in [1.807, 2.05) is 0 Å². The van der Waals surface area contributed by atoms with E-state index in [1.165, 1.54) is 25.7 Å². The topological polar surface area (TPSA) is 60.2 Å². The Bertz CT molecular complexity index is 225. The fourth-order valence-corrected chi connectivity index (χ4v) is 2.77. The molecule has 3 nitrogen and oxygen atoms in total. The predicted molar refractivity (Wildman–Crippen MR) is 65.7 cm³/mol. The Morgan fingerprint density at radius 2 is 1.40 bits per heavy atom. The Balaban J connectivity index is 3.31. The molecule has 0 fully saturated rings. The minimum atomic E-state index is -2.85. The summed E-state index contributed by atoms with van der Waals surface area (Å²) in [4.78, 5) is 0. The summed E-state index contributed by atoms with van der Waals surface area (Å²) in [6, 6.07) is 0. The summed E-state index contributed by atoms with van der Waals surface area (Å²) in [7, 11) is -2.85. The number of unbranched alkanes of at least 4 members (excludes halogenated alkanes) is 6. The first kappa shape index (κ1) is 14.9. The summed E-state index contributed by atoms with van der Waals surface area (Å²) < 4.78 is 22.6. The fraction of sp³-hybridized carbons (Fsp3) is 1.00. The van der Waals surface area contributed by atoms with Crippen LogP contribution in [0.5, 0.6) is 0 Å². The minimum Gasteiger partial charge on any atom is -0.329 e. The number of hydrogen-bond acceptors (Lipinski definition) is 3. The average molecular weight is 235 g/mol. The maximum absolute atomic E-state index is 11.3. The van der Waals surface area contributed by atoms with Crippen molar-refractivity contribution in [1.29, 1.82) is 0 Å². The molecule has 0 aliphatic rings. The first-order valence-corrected chi connectivity index (χ1v) is 7.85. The molecule has 15 heavy (non-hydrogen) atoms. The lowest BCUT2D eigenvalue weighted by Crippen LogP contribution is -2.18. The molecule has 0 spiro atoms. The second kappa shape index (κ2) is 9.16. The molecular weight excluding hydrogens is 210 g/mol. The zero-order valence-electron chi connectivity index (χ0n) is 9.87. The van der Waals surface area contributed by atoms with Crippen molar-refractivity contribution in [2.75, 3.05) is 18.1 Å². The summed E-state index contributed by atoms with van der Waals surface area (Å²) in [5.41, 5.74) is 5.22. The van der Waals surface area contributed by atoms with Crippen molar-refractivity contribution in [3.05, 3.63) is 0 Å². The maximum Gasteiger partial charge on any atom is 0.151 e. The van der Waals surface area contributed by atoms with E-state index in [0.29, 0.717) is 5.75 Å². The third-order valence-corrected chi connectivity index (χ3v) is 4.26. The van der Waals surface area contributed by atoms with Gasteiger partial charge in [0.15, 0.2) is 9.84 Å². The van der Waals surface area contributed by atoms with Gasteiger partial charge in [-0.1, -0.05) is 45.4 Å². The van der Waals surface area contributed by atoms with Crippen LogP contribution in [-0.2, 0) is 9.84 Å². The molecule has 0 atom stereocenters. The van der Waals surface area contributed by atoms with E-state index in [2.05, 4.69) is 6.92 Å². The zero-order chi connectivity index (χ0) is 11.6. The van der Waals surface area contributed by atoms with E-state index in [4.69, 9.17) is 5.73 Å². The van der Waals surface area contributed by atoms with Crippen LogP contribution in [0.3, 0.4) is 0 Å². The molecule has 0 unspecified atom stereocenters. The van der Waals surface area contributed by atoms with Crippen molar-refractivity contribution in [2.24, 2.45) is 5.73 Å². The molecule has 0 aliphatic carbocycles.